The van der Waals surface area contributed by atoms with Crippen LogP contribution in [-0.2, 0) is 6.54 Å². The van der Waals surface area contributed by atoms with Gasteiger partial charge in [0.05, 0.1) is 5.52 Å². The fourth-order valence-electron chi connectivity index (χ4n) is 2.67. The Morgan fingerprint density at radius 2 is 2.28 bits per heavy atom. The van der Waals surface area contributed by atoms with E-state index in [-0.39, 0.29) is 0 Å². The molecule has 0 radical (unpaired) electrons. The molecule has 3 rings (SSSR count). The molecule has 0 spiro atoms. The van der Waals surface area contributed by atoms with Crippen LogP contribution in [-0.4, -0.2) is 36.1 Å². The van der Waals surface area contributed by atoms with Crippen LogP contribution in [0.2, 0.25) is 0 Å². The monoisotopic (exact) mass is 241 g/mol. The van der Waals surface area contributed by atoms with Gasteiger partial charge in [-0.05, 0) is 31.2 Å². The van der Waals surface area contributed by atoms with Crippen molar-refractivity contribution in [1.29, 1.82) is 0 Å². The number of benzene rings is 1. The molecule has 94 valence electrons. The van der Waals surface area contributed by atoms with Crippen LogP contribution >= 0.6 is 0 Å². The van der Waals surface area contributed by atoms with Crippen LogP contribution < -0.4 is 5.32 Å². The lowest BCUT2D eigenvalue weighted by Gasteiger charge is -2.15. The molecule has 3 nitrogen and oxygen atoms in total. The number of pyridine rings is 1. The van der Waals surface area contributed by atoms with Gasteiger partial charge in [0, 0.05) is 37.3 Å². The first-order valence-corrected chi connectivity index (χ1v) is 6.58. The predicted molar refractivity (Wildman–Crippen MR) is 74.5 cm³/mol. The standard InChI is InChI=1S/C15H19N3/c1-16-14-6-7-18(11-14)10-12-8-13-4-2-3-5-15(13)17-9-12/h2-5,8-9,14,16H,6-7,10-11H2,1H3. The highest BCUT2D eigenvalue weighted by atomic mass is 15.2. The Labute approximate surface area is 108 Å². The summed E-state index contributed by atoms with van der Waals surface area (Å²) in [5.74, 6) is 0. The normalized spacial score (nSPS) is 20.6. The minimum atomic E-state index is 0.651. The number of para-hydroxylation sites is 1. The molecular weight excluding hydrogens is 222 g/mol. The molecule has 2 heterocycles. The van der Waals surface area contributed by atoms with Gasteiger partial charge in [-0.1, -0.05) is 18.2 Å². The van der Waals surface area contributed by atoms with Crippen LogP contribution in [0, 0.1) is 0 Å². The highest BCUT2D eigenvalue weighted by Crippen LogP contribution is 2.16. The third-order valence-corrected chi connectivity index (χ3v) is 3.73. The summed E-state index contributed by atoms with van der Waals surface area (Å²) in [6, 6.07) is 11.2. The van der Waals surface area contributed by atoms with Crippen LogP contribution in [0.25, 0.3) is 10.9 Å². The van der Waals surface area contributed by atoms with E-state index in [0.717, 1.165) is 18.6 Å². The van der Waals surface area contributed by atoms with Crippen molar-refractivity contribution in [2.24, 2.45) is 0 Å². The Balaban J connectivity index is 1.75. The maximum Gasteiger partial charge on any atom is 0.0702 e. The number of nitrogens with zero attached hydrogens (tertiary/aromatic N) is 2. The van der Waals surface area contributed by atoms with Crippen LogP contribution in [0.1, 0.15) is 12.0 Å². The summed E-state index contributed by atoms with van der Waals surface area (Å²) in [6.45, 7) is 3.33. The van der Waals surface area contributed by atoms with Gasteiger partial charge >= 0.3 is 0 Å². The van der Waals surface area contributed by atoms with E-state index in [1.54, 1.807) is 0 Å². The summed E-state index contributed by atoms with van der Waals surface area (Å²) in [5, 5.41) is 4.59. The van der Waals surface area contributed by atoms with Crippen molar-refractivity contribution < 1.29 is 0 Å². The van der Waals surface area contributed by atoms with Crippen molar-refractivity contribution in [2.75, 3.05) is 20.1 Å². The van der Waals surface area contributed by atoms with Crippen molar-refractivity contribution >= 4 is 10.9 Å². The molecule has 0 aliphatic carbocycles. The van der Waals surface area contributed by atoms with Gasteiger partial charge in [0.25, 0.3) is 0 Å². The molecule has 1 N–H and O–H groups in total. The molecule has 1 aromatic heterocycles. The summed E-state index contributed by atoms with van der Waals surface area (Å²) in [7, 11) is 2.05. The summed E-state index contributed by atoms with van der Waals surface area (Å²) in [4.78, 5) is 7.01. The SMILES string of the molecule is CNC1CCN(Cc2cnc3ccccc3c2)C1. The van der Waals surface area contributed by atoms with Crippen LogP contribution in [0.15, 0.2) is 36.5 Å². The van der Waals surface area contributed by atoms with E-state index < -0.39 is 0 Å². The summed E-state index contributed by atoms with van der Waals surface area (Å²) < 4.78 is 0. The van der Waals surface area contributed by atoms with Gasteiger partial charge in [0.15, 0.2) is 0 Å². The first kappa shape index (κ1) is 11.6. The average Bonchev–Trinajstić information content (AvgIpc) is 2.86. The second-order valence-electron chi connectivity index (χ2n) is 5.05. The van der Waals surface area contributed by atoms with Crippen LogP contribution in [0.4, 0.5) is 0 Å². The maximum atomic E-state index is 4.52. The molecule has 2 aromatic rings. The van der Waals surface area contributed by atoms with Gasteiger partial charge in [-0.3, -0.25) is 9.88 Å². The van der Waals surface area contributed by atoms with Gasteiger partial charge in [-0.15, -0.1) is 0 Å². The quantitative estimate of drug-likeness (QED) is 0.891. The van der Waals surface area contributed by atoms with E-state index >= 15 is 0 Å². The lowest BCUT2D eigenvalue weighted by atomic mass is 10.1. The van der Waals surface area contributed by atoms with Crippen molar-refractivity contribution in [2.45, 2.75) is 19.0 Å². The first-order chi connectivity index (χ1) is 8.85. The summed E-state index contributed by atoms with van der Waals surface area (Å²) in [5.41, 5.74) is 2.39. The third-order valence-electron chi connectivity index (χ3n) is 3.73. The molecule has 0 bridgehead atoms. The minimum absolute atomic E-state index is 0.651. The van der Waals surface area contributed by atoms with Gasteiger partial charge in [-0.2, -0.15) is 0 Å². The molecule has 1 atom stereocenters. The van der Waals surface area contributed by atoms with Gasteiger partial charge in [0.2, 0.25) is 0 Å². The smallest absolute Gasteiger partial charge is 0.0702 e. The second-order valence-corrected chi connectivity index (χ2v) is 5.05. The minimum Gasteiger partial charge on any atom is -0.316 e. The topological polar surface area (TPSA) is 28.2 Å². The Hall–Kier alpha value is -1.45. The van der Waals surface area contributed by atoms with Crippen molar-refractivity contribution in [3.8, 4) is 0 Å². The molecule has 18 heavy (non-hydrogen) atoms. The fraction of sp³-hybridized carbons (Fsp3) is 0.400. The van der Waals surface area contributed by atoms with E-state index in [9.17, 15) is 0 Å². The van der Waals surface area contributed by atoms with Gasteiger partial charge in [0.1, 0.15) is 0 Å². The fourth-order valence-corrected chi connectivity index (χ4v) is 2.67. The Kier molecular flexibility index (Phi) is 3.26. The number of aromatic nitrogens is 1. The molecule has 0 saturated carbocycles. The number of hydrogen-bond acceptors (Lipinski definition) is 3. The van der Waals surface area contributed by atoms with E-state index in [2.05, 4.69) is 39.5 Å². The highest BCUT2D eigenvalue weighted by Gasteiger charge is 2.20. The third kappa shape index (κ3) is 2.37. The van der Waals surface area contributed by atoms with Crippen molar-refractivity contribution in [3.05, 3.63) is 42.1 Å². The molecule has 1 aromatic carbocycles. The van der Waals surface area contributed by atoms with Crippen molar-refractivity contribution in [1.82, 2.24) is 15.2 Å². The molecular formula is C15H19N3. The molecule has 1 unspecified atom stereocenters. The number of nitrogens with one attached hydrogen (secondary N) is 1. The van der Waals surface area contributed by atoms with E-state index in [4.69, 9.17) is 0 Å². The highest BCUT2D eigenvalue weighted by molar-refractivity contribution is 5.78. The van der Waals surface area contributed by atoms with Crippen LogP contribution in [0.3, 0.4) is 0 Å². The predicted octanol–water partition coefficient (Wildman–Crippen LogP) is 2.03. The molecule has 1 aliphatic rings. The van der Waals surface area contributed by atoms with E-state index in [1.165, 1.54) is 23.9 Å². The zero-order valence-corrected chi connectivity index (χ0v) is 10.8. The van der Waals surface area contributed by atoms with Gasteiger partial charge in [-0.25, -0.2) is 0 Å². The first-order valence-electron chi connectivity index (χ1n) is 6.58. The molecule has 1 saturated heterocycles. The lowest BCUT2D eigenvalue weighted by molar-refractivity contribution is 0.322. The molecule has 1 aliphatic heterocycles. The number of likely N-dealkylation sites (N-methyl/N-ethyl adjacent to an activating group) is 1. The second kappa shape index (κ2) is 5.04. The number of fused-ring (bicyclic) bond motifs is 1. The Bertz CT molecular complexity index is 538. The van der Waals surface area contributed by atoms with E-state index in [1.807, 2.05) is 19.3 Å². The van der Waals surface area contributed by atoms with Gasteiger partial charge < -0.3 is 5.32 Å². The Morgan fingerprint density at radius 1 is 1.39 bits per heavy atom. The summed E-state index contributed by atoms with van der Waals surface area (Å²) in [6.07, 6.45) is 3.26. The van der Waals surface area contributed by atoms with Crippen molar-refractivity contribution in [3.63, 3.8) is 0 Å². The maximum absolute atomic E-state index is 4.52. The van der Waals surface area contributed by atoms with E-state index in [0.29, 0.717) is 6.04 Å². The van der Waals surface area contributed by atoms with Crippen LogP contribution in [0.5, 0.6) is 0 Å². The molecule has 0 amide bonds. The number of rotatable bonds is 3. The number of hydrogen-bond donors (Lipinski definition) is 1. The lowest BCUT2D eigenvalue weighted by Crippen LogP contribution is -2.29. The molecule has 1 fully saturated rings. The molecule has 3 heteroatoms. The zero-order chi connectivity index (χ0) is 12.4. The Morgan fingerprint density at radius 3 is 3.11 bits per heavy atom. The zero-order valence-electron chi connectivity index (χ0n) is 10.8. The number of likely N-dealkylation sites (tertiary alicyclic amines) is 1. The largest absolute Gasteiger partial charge is 0.316 e. The average molecular weight is 241 g/mol. The summed E-state index contributed by atoms with van der Waals surface area (Å²) >= 11 is 0.